The van der Waals surface area contributed by atoms with Crippen LogP contribution in [-0.2, 0) is 5.41 Å². The lowest BCUT2D eigenvalue weighted by atomic mass is 9.53. The Hall–Kier alpha value is -1.44. The van der Waals surface area contributed by atoms with Gasteiger partial charge in [0.1, 0.15) is 0 Å². The Labute approximate surface area is 207 Å². The number of rotatable bonds is 4. The molecular weight excluding hydrogens is 412 g/mol. The fourth-order valence-corrected chi connectivity index (χ4v) is 10.1. The molecule has 9 rings (SSSR count). The average molecular weight is 457 g/mol. The highest BCUT2D eigenvalue weighted by atomic mass is 14.9. The highest BCUT2D eigenvalue weighted by Crippen LogP contribution is 2.58. The third-order valence-electron chi connectivity index (χ3n) is 10.8. The maximum absolute atomic E-state index is 5.40. The summed E-state index contributed by atoms with van der Waals surface area (Å²) < 4.78 is 0. The van der Waals surface area contributed by atoms with E-state index in [4.69, 9.17) is 9.98 Å². The van der Waals surface area contributed by atoms with E-state index >= 15 is 0 Å². The maximum atomic E-state index is 5.40. The number of hydrogen-bond donors (Lipinski definition) is 0. The largest absolute Gasteiger partial charge is 0.286 e. The molecule has 2 heteroatoms. The lowest BCUT2D eigenvalue weighted by molar-refractivity contribution is 0.00178. The van der Waals surface area contributed by atoms with E-state index in [1.165, 1.54) is 93.7 Å². The molecule has 8 aliphatic rings. The Morgan fingerprint density at radius 1 is 0.588 bits per heavy atom. The minimum Gasteiger partial charge on any atom is -0.286 e. The van der Waals surface area contributed by atoms with Crippen molar-refractivity contribution in [1.29, 1.82) is 0 Å². The Balaban J connectivity index is 1.18. The van der Waals surface area contributed by atoms with Crippen molar-refractivity contribution >= 4 is 12.4 Å². The Bertz CT molecular complexity index is 879. The van der Waals surface area contributed by atoms with E-state index in [1.807, 2.05) is 0 Å². The van der Waals surface area contributed by atoms with Gasteiger partial charge in [0, 0.05) is 12.4 Å². The second-order valence-electron chi connectivity index (χ2n) is 14.9. The van der Waals surface area contributed by atoms with Crippen LogP contribution in [0.4, 0.5) is 0 Å². The van der Waals surface area contributed by atoms with Crippen LogP contribution in [0, 0.1) is 35.5 Å². The van der Waals surface area contributed by atoms with Crippen molar-refractivity contribution in [3.8, 4) is 0 Å². The van der Waals surface area contributed by atoms with Crippen LogP contribution in [-0.4, -0.2) is 23.5 Å². The third kappa shape index (κ3) is 3.92. The summed E-state index contributed by atoms with van der Waals surface area (Å²) in [6.07, 6.45) is 21.5. The summed E-state index contributed by atoms with van der Waals surface area (Å²) in [6.45, 7) is 7.01. The Kier molecular flexibility index (Phi) is 4.83. The minimum absolute atomic E-state index is 0.133. The molecule has 0 amide bonds. The quantitative estimate of drug-likeness (QED) is 0.414. The van der Waals surface area contributed by atoms with Gasteiger partial charge in [-0.1, -0.05) is 20.8 Å². The lowest BCUT2D eigenvalue weighted by Gasteiger charge is -2.55. The van der Waals surface area contributed by atoms with Gasteiger partial charge in [-0.25, -0.2) is 0 Å². The normalized spacial score (nSPS) is 44.7. The van der Waals surface area contributed by atoms with Crippen LogP contribution < -0.4 is 0 Å². The molecule has 0 atom stereocenters. The van der Waals surface area contributed by atoms with Gasteiger partial charge in [-0.2, -0.15) is 0 Å². The van der Waals surface area contributed by atoms with E-state index in [0.29, 0.717) is 0 Å². The van der Waals surface area contributed by atoms with Crippen molar-refractivity contribution in [2.24, 2.45) is 45.5 Å². The average Bonchev–Trinajstić information content (AvgIpc) is 2.74. The first-order valence-electron chi connectivity index (χ1n) is 14.5. The van der Waals surface area contributed by atoms with Crippen LogP contribution in [0.5, 0.6) is 0 Å². The zero-order chi connectivity index (χ0) is 23.1. The summed E-state index contributed by atoms with van der Waals surface area (Å²) in [4.78, 5) is 10.8. The van der Waals surface area contributed by atoms with Crippen LogP contribution in [0.1, 0.15) is 115 Å². The Morgan fingerprint density at radius 3 is 1.21 bits per heavy atom. The van der Waals surface area contributed by atoms with Gasteiger partial charge in [0.25, 0.3) is 0 Å². The van der Waals surface area contributed by atoms with Crippen LogP contribution in [0.25, 0.3) is 0 Å². The smallest absolute Gasteiger partial charge is 0.0616 e. The molecule has 0 radical (unpaired) electrons. The number of nitrogens with zero attached hydrogens (tertiary/aromatic N) is 2. The zero-order valence-corrected chi connectivity index (χ0v) is 21.7. The summed E-state index contributed by atoms with van der Waals surface area (Å²) in [6, 6.07) is 7.15. The molecule has 8 bridgehead atoms. The van der Waals surface area contributed by atoms with Crippen molar-refractivity contribution in [2.45, 2.75) is 114 Å². The van der Waals surface area contributed by atoms with Crippen molar-refractivity contribution in [2.75, 3.05) is 0 Å². The number of aliphatic imine (C=N–C) groups is 2. The molecule has 0 aliphatic heterocycles. The third-order valence-corrected chi connectivity index (χ3v) is 10.8. The van der Waals surface area contributed by atoms with Gasteiger partial charge in [0.05, 0.1) is 11.1 Å². The van der Waals surface area contributed by atoms with E-state index in [2.05, 4.69) is 51.4 Å². The van der Waals surface area contributed by atoms with Crippen LogP contribution in [0.2, 0.25) is 0 Å². The maximum Gasteiger partial charge on any atom is 0.0616 e. The molecule has 8 saturated carbocycles. The molecule has 34 heavy (non-hydrogen) atoms. The molecule has 2 nitrogen and oxygen atoms in total. The molecule has 0 N–H and O–H groups in total. The van der Waals surface area contributed by atoms with Gasteiger partial charge in [-0.15, -0.1) is 0 Å². The topological polar surface area (TPSA) is 24.7 Å². The molecule has 0 aromatic heterocycles. The summed E-state index contributed by atoms with van der Waals surface area (Å²) in [5.41, 5.74) is 4.62. The van der Waals surface area contributed by atoms with Crippen molar-refractivity contribution in [3.63, 3.8) is 0 Å². The summed E-state index contributed by atoms with van der Waals surface area (Å²) in [7, 11) is 0. The molecule has 1 aromatic rings. The first-order chi connectivity index (χ1) is 16.2. The van der Waals surface area contributed by atoms with Gasteiger partial charge in [0.2, 0.25) is 0 Å². The number of hydrogen-bond acceptors (Lipinski definition) is 2. The van der Waals surface area contributed by atoms with Crippen molar-refractivity contribution < 1.29 is 0 Å². The van der Waals surface area contributed by atoms with Gasteiger partial charge in [-0.3, -0.25) is 9.98 Å². The van der Waals surface area contributed by atoms with E-state index in [0.717, 1.165) is 35.5 Å². The first kappa shape index (κ1) is 21.8. The molecular formula is C32H44N2. The lowest BCUT2D eigenvalue weighted by Crippen LogP contribution is -2.49. The fraction of sp³-hybridized carbons (Fsp3) is 0.750. The molecule has 0 spiro atoms. The van der Waals surface area contributed by atoms with E-state index in [9.17, 15) is 0 Å². The fourth-order valence-electron chi connectivity index (χ4n) is 10.1. The highest BCUT2D eigenvalue weighted by Gasteiger charge is 2.51. The second-order valence-corrected chi connectivity index (χ2v) is 14.9. The van der Waals surface area contributed by atoms with Crippen LogP contribution >= 0.6 is 0 Å². The molecule has 8 aliphatic carbocycles. The Morgan fingerprint density at radius 2 is 0.912 bits per heavy atom. The molecule has 0 heterocycles. The van der Waals surface area contributed by atoms with E-state index in [1.54, 1.807) is 0 Å². The molecule has 0 saturated heterocycles. The summed E-state index contributed by atoms with van der Waals surface area (Å²) in [5.74, 6) is 5.71. The minimum atomic E-state index is 0.133. The van der Waals surface area contributed by atoms with Gasteiger partial charge in [0.15, 0.2) is 0 Å². The predicted octanol–water partition coefficient (Wildman–Crippen LogP) is 7.76. The first-order valence-corrected chi connectivity index (χ1v) is 14.5. The predicted molar refractivity (Wildman–Crippen MR) is 142 cm³/mol. The molecule has 182 valence electrons. The monoisotopic (exact) mass is 456 g/mol. The van der Waals surface area contributed by atoms with E-state index in [-0.39, 0.29) is 16.5 Å². The zero-order valence-electron chi connectivity index (χ0n) is 21.7. The summed E-state index contributed by atoms with van der Waals surface area (Å²) in [5, 5.41) is 0. The summed E-state index contributed by atoms with van der Waals surface area (Å²) >= 11 is 0. The van der Waals surface area contributed by atoms with Crippen LogP contribution in [0.3, 0.4) is 0 Å². The van der Waals surface area contributed by atoms with Gasteiger partial charge >= 0.3 is 0 Å². The van der Waals surface area contributed by atoms with Crippen molar-refractivity contribution in [1.82, 2.24) is 0 Å². The standard InChI is InChI=1S/C32H44N2/c1-30(2,3)29-11-27(19-33-31-13-21-4-22(14-31)6-23(5-21)15-31)10-28(12-29)20-34-32-16-24-7-25(17-32)9-26(8-24)18-32/h10-12,19-26H,4-9,13-18H2,1-3H3. The van der Waals surface area contributed by atoms with Crippen molar-refractivity contribution in [3.05, 3.63) is 34.9 Å². The molecule has 0 unspecified atom stereocenters. The highest BCUT2D eigenvalue weighted by molar-refractivity contribution is 5.87. The molecule has 1 aromatic carbocycles. The second kappa shape index (κ2) is 7.53. The van der Waals surface area contributed by atoms with Gasteiger partial charge < -0.3 is 0 Å². The molecule has 8 fully saturated rings. The van der Waals surface area contributed by atoms with Gasteiger partial charge in [-0.05, 0) is 153 Å². The van der Waals surface area contributed by atoms with E-state index < -0.39 is 0 Å². The van der Waals surface area contributed by atoms with Crippen LogP contribution in [0.15, 0.2) is 28.2 Å². The number of benzene rings is 1. The SMILES string of the molecule is CC(C)(C)c1cc(C=NC23CC4CC(CC(C4)C2)C3)cc(C=NC23CC4CC(CC(C4)C2)C3)c1.